The van der Waals surface area contributed by atoms with E-state index in [1.54, 1.807) is 6.07 Å². The molecule has 0 saturated heterocycles. The molecule has 3 aromatic rings. The van der Waals surface area contributed by atoms with Crippen molar-refractivity contribution in [3.63, 3.8) is 0 Å². The van der Waals surface area contributed by atoms with Gasteiger partial charge >= 0.3 is 5.63 Å². The van der Waals surface area contributed by atoms with Crippen molar-refractivity contribution in [2.75, 3.05) is 13.2 Å². The van der Waals surface area contributed by atoms with E-state index in [2.05, 4.69) is 50.2 Å². The number of nitrogens with zero attached hydrogens (tertiary/aromatic N) is 3. The number of aromatic nitrogens is 3. The lowest BCUT2D eigenvalue weighted by Gasteiger charge is -2.31. The number of hydrogen-bond donors (Lipinski definition) is 0. The van der Waals surface area contributed by atoms with Crippen LogP contribution in [0.4, 0.5) is 0 Å². The lowest BCUT2D eigenvalue weighted by atomic mass is 9.94. The molecule has 8 heteroatoms. The summed E-state index contributed by atoms with van der Waals surface area (Å²) < 4.78 is 25.6. The van der Waals surface area contributed by atoms with Gasteiger partial charge in [-0.05, 0) is 95.8 Å². The van der Waals surface area contributed by atoms with Crippen molar-refractivity contribution in [3.05, 3.63) is 64.3 Å². The molecule has 5 rings (SSSR count). The molecular weight excluding hydrogens is 494 g/mol. The Morgan fingerprint density at radius 1 is 1.05 bits per heavy atom. The number of allylic oxidation sites excluding steroid dienone is 2. The first kappa shape index (κ1) is 27.6. The van der Waals surface area contributed by atoms with E-state index in [1.165, 1.54) is 18.9 Å². The van der Waals surface area contributed by atoms with Crippen molar-refractivity contribution in [2.45, 2.75) is 84.7 Å². The fourth-order valence-corrected chi connectivity index (χ4v) is 5.59. The van der Waals surface area contributed by atoms with Gasteiger partial charge in [0.2, 0.25) is 0 Å². The second-order valence-corrected chi connectivity index (χ2v) is 12.4. The first-order valence-electron chi connectivity index (χ1n) is 14.1. The van der Waals surface area contributed by atoms with E-state index >= 15 is 0 Å². The fraction of sp³-hybridized carbons (Fsp3) is 0.581. The van der Waals surface area contributed by atoms with Crippen LogP contribution >= 0.6 is 0 Å². The molecule has 0 amide bonds. The van der Waals surface area contributed by atoms with E-state index in [0.29, 0.717) is 30.4 Å². The monoisotopic (exact) mass is 535 g/mol. The number of rotatable bonds is 13. The molecule has 0 spiro atoms. The Morgan fingerprint density at radius 2 is 1.87 bits per heavy atom. The Morgan fingerprint density at radius 3 is 2.64 bits per heavy atom. The van der Waals surface area contributed by atoms with Crippen LogP contribution in [0.3, 0.4) is 0 Å². The maximum atomic E-state index is 11.7. The predicted octanol–water partition coefficient (Wildman–Crippen LogP) is 5.85. The van der Waals surface area contributed by atoms with Gasteiger partial charge in [-0.2, -0.15) is 0 Å². The third-order valence-corrected chi connectivity index (χ3v) is 8.14. The SMILES string of the molecule is Cc1cc(=O)oc2cc(OCc3cn(CCC(C)(C)OCCC(C)(C)OCC4CC5C=CC4C5)nn3)ccc12. The highest BCUT2D eigenvalue weighted by Gasteiger charge is 2.36. The Labute approximate surface area is 230 Å². The zero-order valence-corrected chi connectivity index (χ0v) is 23.8. The molecule has 0 aliphatic heterocycles. The highest BCUT2D eigenvalue weighted by Crippen LogP contribution is 2.43. The maximum absolute atomic E-state index is 11.7. The van der Waals surface area contributed by atoms with Crippen LogP contribution in [-0.4, -0.2) is 39.4 Å². The van der Waals surface area contributed by atoms with Crippen molar-refractivity contribution < 1.29 is 18.6 Å². The zero-order chi connectivity index (χ0) is 27.6. The Kier molecular flexibility index (Phi) is 7.96. The van der Waals surface area contributed by atoms with Crippen LogP contribution in [0.15, 0.2) is 51.8 Å². The number of aryl methyl sites for hydroxylation is 2. The van der Waals surface area contributed by atoms with Gasteiger partial charge < -0.3 is 18.6 Å². The summed E-state index contributed by atoms with van der Waals surface area (Å²) in [6.07, 6.45) is 10.9. The third kappa shape index (κ3) is 7.17. The first-order chi connectivity index (χ1) is 18.6. The molecule has 2 heterocycles. The molecule has 0 radical (unpaired) electrons. The van der Waals surface area contributed by atoms with E-state index in [1.807, 2.05) is 29.9 Å². The average molecular weight is 536 g/mol. The van der Waals surface area contributed by atoms with Gasteiger partial charge in [0.05, 0.1) is 30.6 Å². The molecule has 1 aromatic carbocycles. The number of fused-ring (bicyclic) bond motifs is 3. The molecule has 3 atom stereocenters. The van der Waals surface area contributed by atoms with Gasteiger partial charge in [-0.25, -0.2) is 4.79 Å². The Hall–Kier alpha value is -2.97. The van der Waals surface area contributed by atoms with E-state index in [0.717, 1.165) is 47.9 Å². The maximum Gasteiger partial charge on any atom is 0.336 e. The molecule has 3 unspecified atom stereocenters. The van der Waals surface area contributed by atoms with Crippen LogP contribution in [0, 0.1) is 24.7 Å². The van der Waals surface area contributed by atoms with Crippen LogP contribution in [0.1, 0.15) is 64.6 Å². The molecule has 0 N–H and O–H groups in total. The molecule has 39 heavy (non-hydrogen) atoms. The summed E-state index contributed by atoms with van der Waals surface area (Å²) in [4.78, 5) is 11.7. The van der Waals surface area contributed by atoms with Crippen LogP contribution in [0.2, 0.25) is 0 Å². The van der Waals surface area contributed by atoms with Gasteiger partial charge in [-0.3, -0.25) is 4.68 Å². The van der Waals surface area contributed by atoms with E-state index < -0.39 is 0 Å². The zero-order valence-electron chi connectivity index (χ0n) is 23.8. The van der Waals surface area contributed by atoms with Crippen molar-refractivity contribution in [2.24, 2.45) is 17.8 Å². The van der Waals surface area contributed by atoms with Crippen LogP contribution in [-0.2, 0) is 22.6 Å². The molecule has 2 aliphatic rings. The first-order valence-corrected chi connectivity index (χ1v) is 14.1. The van der Waals surface area contributed by atoms with Gasteiger partial charge in [-0.15, -0.1) is 5.10 Å². The normalized spacial score (nSPS) is 20.8. The summed E-state index contributed by atoms with van der Waals surface area (Å²) in [5.74, 6) is 2.79. The third-order valence-electron chi connectivity index (χ3n) is 8.14. The molecule has 2 aromatic heterocycles. The standard InChI is InChI=1S/C31H41N3O5/c1-21-14-29(35)39-28-17-26(8-9-27(21)28)36-20-25-18-34(33-32-25)12-10-30(2,3)37-13-11-31(4,5)38-19-24-16-22-6-7-23(24)15-22/h6-9,14,17-18,22-24H,10-13,15-16,19-20H2,1-5H3. The largest absolute Gasteiger partial charge is 0.487 e. The molecule has 1 fully saturated rings. The topological polar surface area (TPSA) is 88.6 Å². The van der Waals surface area contributed by atoms with Gasteiger partial charge in [-0.1, -0.05) is 17.4 Å². The molecule has 2 bridgehead atoms. The quantitative estimate of drug-likeness (QED) is 0.200. The van der Waals surface area contributed by atoms with Crippen LogP contribution < -0.4 is 10.4 Å². The number of ether oxygens (including phenoxy) is 3. The fourth-order valence-electron chi connectivity index (χ4n) is 5.59. The van der Waals surface area contributed by atoms with Crippen molar-refractivity contribution in [1.82, 2.24) is 15.0 Å². The van der Waals surface area contributed by atoms with E-state index in [9.17, 15) is 4.79 Å². The minimum atomic E-state index is -0.368. The van der Waals surface area contributed by atoms with Crippen LogP contribution in [0.5, 0.6) is 5.75 Å². The van der Waals surface area contributed by atoms with Crippen LogP contribution in [0.25, 0.3) is 11.0 Å². The minimum absolute atomic E-state index is 0.197. The Balaban J connectivity index is 1.03. The van der Waals surface area contributed by atoms with Gasteiger partial charge in [0, 0.05) is 24.1 Å². The highest BCUT2D eigenvalue weighted by atomic mass is 16.5. The second kappa shape index (κ2) is 11.3. The summed E-state index contributed by atoms with van der Waals surface area (Å²) in [7, 11) is 0. The van der Waals surface area contributed by atoms with Crippen molar-refractivity contribution in [1.29, 1.82) is 0 Å². The molecule has 1 saturated carbocycles. The highest BCUT2D eigenvalue weighted by molar-refractivity contribution is 5.81. The summed E-state index contributed by atoms with van der Waals surface area (Å²) in [5, 5.41) is 9.38. The summed E-state index contributed by atoms with van der Waals surface area (Å²) in [6, 6.07) is 6.98. The molecule has 8 nitrogen and oxygen atoms in total. The number of benzene rings is 1. The molecular formula is C31H41N3O5. The molecule has 210 valence electrons. The van der Waals surface area contributed by atoms with Crippen molar-refractivity contribution >= 4 is 11.0 Å². The lowest BCUT2D eigenvalue weighted by molar-refractivity contribution is -0.0842. The second-order valence-electron chi connectivity index (χ2n) is 12.4. The summed E-state index contributed by atoms with van der Waals surface area (Å²) >= 11 is 0. The summed E-state index contributed by atoms with van der Waals surface area (Å²) in [5.41, 5.74) is 1.26. The smallest absolute Gasteiger partial charge is 0.336 e. The minimum Gasteiger partial charge on any atom is -0.487 e. The van der Waals surface area contributed by atoms with E-state index in [4.69, 9.17) is 18.6 Å². The van der Waals surface area contributed by atoms with Gasteiger partial charge in [0.1, 0.15) is 23.6 Å². The van der Waals surface area contributed by atoms with E-state index in [-0.39, 0.29) is 23.4 Å². The number of hydrogen-bond acceptors (Lipinski definition) is 7. The van der Waals surface area contributed by atoms with Gasteiger partial charge in [0.25, 0.3) is 0 Å². The predicted molar refractivity (Wildman–Crippen MR) is 150 cm³/mol. The van der Waals surface area contributed by atoms with Crippen molar-refractivity contribution in [3.8, 4) is 5.75 Å². The lowest BCUT2D eigenvalue weighted by Crippen LogP contribution is -2.33. The molecule has 2 aliphatic carbocycles. The Bertz CT molecular complexity index is 1370. The average Bonchev–Trinajstić information content (AvgIpc) is 3.62. The van der Waals surface area contributed by atoms with Gasteiger partial charge in [0.15, 0.2) is 0 Å². The summed E-state index contributed by atoms with van der Waals surface area (Å²) in [6.45, 7) is 12.9.